The molecule has 0 bridgehead atoms. The zero-order chi connectivity index (χ0) is 22.0. The molecule has 3 aromatic rings. The average Bonchev–Trinajstić information content (AvgIpc) is 2.76. The molecular formula is C22H19ClN4O4. The lowest BCUT2D eigenvalue weighted by molar-refractivity contribution is -0.139. The van der Waals surface area contributed by atoms with E-state index in [4.69, 9.17) is 16.3 Å². The lowest BCUT2D eigenvalue weighted by Gasteiger charge is -2.29. The molecule has 1 atom stereocenters. The van der Waals surface area contributed by atoms with Crippen LogP contribution in [0, 0.1) is 0 Å². The number of nitrogens with one attached hydrogen (secondary N) is 2. The van der Waals surface area contributed by atoms with Crippen LogP contribution in [0.5, 0.6) is 0 Å². The van der Waals surface area contributed by atoms with Gasteiger partial charge in [-0.1, -0.05) is 41.9 Å². The van der Waals surface area contributed by atoms with Gasteiger partial charge in [-0.3, -0.25) is 9.36 Å². The van der Waals surface area contributed by atoms with Crippen LogP contribution in [0.1, 0.15) is 18.5 Å². The number of carbonyl (C=O) groups is 2. The number of esters is 1. The molecule has 2 heterocycles. The van der Waals surface area contributed by atoms with Crippen LogP contribution in [0.4, 0.5) is 4.79 Å². The molecule has 0 spiro atoms. The van der Waals surface area contributed by atoms with Gasteiger partial charge in [0.2, 0.25) is 0 Å². The zero-order valence-corrected chi connectivity index (χ0v) is 17.3. The van der Waals surface area contributed by atoms with Gasteiger partial charge in [-0.25, -0.2) is 14.6 Å². The van der Waals surface area contributed by atoms with E-state index in [-0.39, 0.29) is 30.0 Å². The first-order chi connectivity index (χ1) is 15.0. The maximum absolute atomic E-state index is 13.0. The SMILES string of the molecule is CCOC(=O)C1=C(Cn2cnc3ccc(Cl)cc3c2=O)NC(=O)N[C@@H]1c1ccccc1. The molecule has 0 unspecified atom stereocenters. The largest absolute Gasteiger partial charge is 0.463 e. The van der Waals surface area contributed by atoms with Crippen molar-refractivity contribution in [3.05, 3.63) is 87.1 Å². The molecule has 1 aromatic heterocycles. The molecule has 2 amide bonds. The maximum atomic E-state index is 13.0. The third-order valence-electron chi connectivity index (χ3n) is 4.90. The van der Waals surface area contributed by atoms with E-state index in [0.29, 0.717) is 21.5 Å². The number of amides is 2. The number of rotatable bonds is 5. The molecule has 0 saturated carbocycles. The van der Waals surface area contributed by atoms with Crippen LogP contribution in [0.3, 0.4) is 0 Å². The Kier molecular flexibility index (Phi) is 5.73. The molecule has 0 aliphatic carbocycles. The molecule has 158 valence electrons. The maximum Gasteiger partial charge on any atom is 0.338 e. The van der Waals surface area contributed by atoms with Crippen molar-refractivity contribution >= 4 is 34.5 Å². The van der Waals surface area contributed by atoms with Crippen molar-refractivity contribution in [3.8, 4) is 0 Å². The summed E-state index contributed by atoms with van der Waals surface area (Å²) < 4.78 is 6.56. The number of benzene rings is 2. The molecule has 9 heteroatoms. The number of halogens is 1. The quantitative estimate of drug-likeness (QED) is 0.596. The summed E-state index contributed by atoms with van der Waals surface area (Å²) in [5.41, 5.74) is 1.37. The minimum absolute atomic E-state index is 0.0703. The van der Waals surface area contributed by atoms with Gasteiger partial charge in [0, 0.05) is 5.02 Å². The van der Waals surface area contributed by atoms with Crippen LogP contribution in [-0.4, -0.2) is 28.2 Å². The van der Waals surface area contributed by atoms with Gasteiger partial charge >= 0.3 is 12.0 Å². The van der Waals surface area contributed by atoms with Gasteiger partial charge in [0.1, 0.15) is 0 Å². The summed E-state index contributed by atoms with van der Waals surface area (Å²) in [5.74, 6) is -0.580. The summed E-state index contributed by atoms with van der Waals surface area (Å²) in [6.07, 6.45) is 1.38. The van der Waals surface area contributed by atoms with Gasteiger partial charge in [-0.05, 0) is 30.7 Å². The van der Waals surface area contributed by atoms with E-state index in [1.807, 2.05) is 18.2 Å². The Labute approximate surface area is 182 Å². The fourth-order valence-electron chi connectivity index (χ4n) is 3.50. The number of urea groups is 1. The third kappa shape index (κ3) is 4.15. The topological polar surface area (TPSA) is 102 Å². The van der Waals surface area contributed by atoms with Crippen LogP contribution in [-0.2, 0) is 16.1 Å². The summed E-state index contributed by atoms with van der Waals surface area (Å²) in [7, 11) is 0. The zero-order valence-electron chi connectivity index (χ0n) is 16.6. The van der Waals surface area contributed by atoms with E-state index < -0.39 is 18.0 Å². The van der Waals surface area contributed by atoms with Crippen LogP contribution in [0.2, 0.25) is 5.02 Å². The van der Waals surface area contributed by atoms with Crippen molar-refractivity contribution in [1.82, 2.24) is 20.2 Å². The minimum atomic E-state index is -0.720. The van der Waals surface area contributed by atoms with Crippen molar-refractivity contribution in [2.75, 3.05) is 6.61 Å². The molecule has 8 nitrogen and oxygen atoms in total. The minimum Gasteiger partial charge on any atom is -0.463 e. The van der Waals surface area contributed by atoms with Gasteiger partial charge in [0.25, 0.3) is 5.56 Å². The Hall–Kier alpha value is -3.65. The fourth-order valence-corrected chi connectivity index (χ4v) is 3.67. The lowest BCUT2D eigenvalue weighted by Crippen LogP contribution is -2.47. The number of carbonyl (C=O) groups excluding carboxylic acids is 2. The van der Waals surface area contributed by atoms with Crippen molar-refractivity contribution in [2.24, 2.45) is 0 Å². The van der Waals surface area contributed by atoms with E-state index in [2.05, 4.69) is 15.6 Å². The molecule has 0 fully saturated rings. The second-order valence-electron chi connectivity index (χ2n) is 6.89. The second-order valence-corrected chi connectivity index (χ2v) is 7.33. The molecule has 2 aromatic carbocycles. The first-order valence-electron chi connectivity index (χ1n) is 9.65. The highest BCUT2D eigenvalue weighted by Crippen LogP contribution is 2.28. The molecule has 1 aliphatic heterocycles. The summed E-state index contributed by atoms with van der Waals surface area (Å²) in [6, 6.07) is 12.7. The van der Waals surface area contributed by atoms with E-state index in [1.165, 1.54) is 17.0 Å². The van der Waals surface area contributed by atoms with Crippen LogP contribution in [0.25, 0.3) is 10.9 Å². The van der Waals surface area contributed by atoms with Crippen LogP contribution < -0.4 is 16.2 Å². The van der Waals surface area contributed by atoms with Gasteiger partial charge < -0.3 is 15.4 Å². The Morgan fingerprint density at radius 2 is 1.97 bits per heavy atom. The first kappa shape index (κ1) is 20.6. The molecule has 0 saturated heterocycles. The Bertz CT molecular complexity index is 1250. The Balaban J connectivity index is 1.83. The molecular weight excluding hydrogens is 420 g/mol. The van der Waals surface area contributed by atoms with Crippen molar-refractivity contribution in [1.29, 1.82) is 0 Å². The van der Waals surface area contributed by atoms with Gasteiger partial charge in [-0.2, -0.15) is 0 Å². The number of nitrogens with zero attached hydrogens (tertiary/aromatic N) is 2. The van der Waals surface area contributed by atoms with Crippen LogP contribution >= 0.6 is 11.6 Å². The van der Waals surface area contributed by atoms with E-state index in [0.717, 1.165) is 0 Å². The first-order valence-corrected chi connectivity index (χ1v) is 10.0. The number of allylic oxidation sites excluding steroid dienone is 1. The summed E-state index contributed by atoms with van der Waals surface area (Å²) >= 11 is 6.03. The van der Waals surface area contributed by atoms with E-state index >= 15 is 0 Å². The lowest BCUT2D eigenvalue weighted by atomic mass is 9.95. The average molecular weight is 439 g/mol. The summed E-state index contributed by atoms with van der Waals surface area (Å²) in [4.78, 5) is 42.5. The predicted octanol–water partition coefficient (Wildman–Crippen LogP) is 2.92. The van der Waals surface area contributed by atoms with E-state index in [1.54, 1.807) is 31.2 Å². The molecule has 2 N–H and O–H groups in total. The van der Waals surface area contributed by atoms with Crippen LogP contribution in [0.15, 0.2) is 70.9 Å². The van der Waals surface area contributed by atoms with Gasteiger partial charge in [0.05, 0.1) is 47.7 Å². The molecule has 31 heavy (non-hydrogen) atoms. The Morgan fingerprint density at radius 1 is 1.19 bits per heavy atom. The van der Waals surface area contributed by atoms with Crippen molar-refractivity contribution < 1.29 is 14.3 Å². The molecule has 4 rings (SSSR count). The highest BCUT2D eigenvalue weighted by atomic mass is 35.5. The normalized spacial score (nSPS) is 16.1. The highest BCUT2D eigenvalue weighted by Gasteiger charge is 2.33. The number of aromatic nitrogens is 2. The Morgan fingerprint density at radius 3 is 2.71 bits per heavy atom. The highest BCUT2D eigenvalue weighted by molar-refractivity contribution is 6.31. The monoisotopic (exact) mass is 438 g/mol. The fraction of sp³-hybridized carbons (Fsp3) is 0.182. The number of hydrogen-bond acceptors (Lipinski definition) is 5. The predicted molar refractivity (Wildman–Crippen MR) is 116 cm³/mol. The number of fused-ring (bicyclic) bond motifs is 1. The summed E-state index contributed by atoms with van der Waals surface area (Å²) in [5, 5.41) is 6.17. The van der Waals surface area contributed by atoms with Gasteiger partial charge in [-0.15, -0.1) is 0 Å². The van der Waals surface area contributed by atoms with Crippen molar-refractivity contribution in [2.45, 2.75) is 19.5 Å². The third-order valence-corrected chi connectivity index (χ3v) is 5.13. The second kappa shape index (κ2) is 8.61. The number of ether oxygens (including phenoxy) is 1. The molecule has 1 aliphatic rings. The van der Waals surface area contributed by atoms with E-state index in [9.17, 15) is 14.4 Å². The smallest absolute Gasteiger partial charge is 0.338 e. The van der Waals surface area contributed by atoms with Crippen molar-refractivity contribution in [3.63, 3.8) is 0 Å². The summed E-state index contributed by atoms with van der Waals surface area (Å²) in [6.45, 7) is 1.80. The van der Waals surface area contributed by atoms with Gasteiger partial charge in [0.15, 0.2) is 0 Å². The standard InChI is InChI=1S/C22H19ClN4O4/c1-2-31-21(29)18-17(25-22(30)26-19(18)13-6-4-3-5-7-13)11-27-12-24-16-9-8-14(23)10-15(16)20(27)28/h3-10,12,19H,2,11H2,1H3,(H2,25,26,30)/t19-/m1/s1. The molecule has 0 radical (unpaired) electrons. The number of hydrogen-bond donors (Lipinski definition) is 2.